The van der Waals surface area contributed by atoms with Crippen LogP contribution in [0, 0.1) is 0 Å². The molecule has 0 spiro atoms. The Morgan fingerprint density at radius 1 is 1.86 bits per heavy atom. The van der Waals surface area contributed by atoms with Crippen molar-refractivity contribution in [2.24, 2.45) is 0 Å². The van der Waals surface area contributed by atoms with Gasteiger partial charge in [-0.05, 0) is 19.9 Å². The summed E-state index contributed by atoms with van der Waals surface area (Å²) in [7, 11) is 0. The van der Waals surface area contributed by atoms with E-state index in [1.54, 1.807) is 0 Å². The van der Waals surface area contributed by atoms with Crippen LogP contribution in [0.1, 0.15) is 13.3 Å². The van der Waals surface area contributed by atoms with Crippen molar-refractivity contribution in [3.63, 3.8) is 0 Å². The van der Waals surface area contributed by atoms with E-state index in [0.29, 0.717) is 5.54 Å². The summed E-state index contributed by atoms with van der Waals surface area (Å²) < 4.78 is 1.24. The Morgan fingerprint density at radius 3 is 2.43 bits per heavy atom. The highest BCUT2D eigenvalue weighted by atomic mass is 127. The molecule has 0 bridgehead atoms. The minimum absolute atomic E-state index is 0.501. The van der Waals surface area contributed by atoms with Gasteiger partial charge in [-0.2, -0.15) is 0 Å². The van der Waals surface area contributed by atoms with Crippen molar-refractivity contribution in [3.8, 4) is 0 Å². The van der Waals surface area contributed by atoms with E-state index in [9.17, 15) is 0 Å². The van der Waals surface area contributed by atoms with Crippen LogP contribution >= 0.6 is 22.6 Å². The summed E-state index contributed by atoms with van der Waals surface area (Å²) in [4.78, 5) is 0. The van der Waals surface area contributed by atoms with Crippen molar-refractivity contribution >= 4 is 22.6 Å². The van der Waals surface area contributed by atoms with Crippen molar-refractivity contribution in [3.05, 3.63) is 0 Å². The average molecular weight is 211 g/mol. The Bertz CT molecular complexity index is 63.0. The van der Waals surface area contributed by atoms with Crippen LogP contribution in [0.3, 0.4) is 0 Å². The quantitative estimate of drug-likeness (QED) is 0.507. The smallest absolute Gasteiger partial charge is 0.0254 e. The predicted molar refractivity (Wildman–Crippen MR) is 39.9 cm³/mol. The van der Waals surface area contributed by atoms with E-state index in [0.717, 1.165) is 0 Å². The van der Waals surface area contributed by atoms with Crippen molar-refractivity contribution in [1.82, 2.24) is 5.32 Å². The summed E-state index contributed by atoms with van der Waals surface area (Å²) in [6, 6.07) is 0. The maximum absolute atomic E-state index is 3.36. The third-order valence-electron chi connectivity index (χ3n) is 1.52. The second-order valence-corrected chi connectivity index (χ2v) is 3.13. The standard InChI is InChI=1S/C5H10IN/c1-5(4-6)2-3-7-5/h7H,2-4H2,1H3. The Kier molecular flexibility index (Phi) is 1.58. The zero-order chi connectivity index (χ0) is 5.33. The van der Waals surface area contributed by atoms with Gasteiger partial charge in [0, 0.05) is 9.97 Å². The van der Waals surface area contributed by atoms with E-state index >= 15 is 0 Å². The molecule has 0 saturated carbocycles. The fourth-order valence-corrected chi connectivity index (χ4v) is 1.32. The van der Waals surface area contributed by atoms with Crippen LogP contribution in [-0.4, -0.2) is 16.5 Å². The van der Waals surface area contributed by atoms with Crippen molar-refractivity contribution in [2.45, 2.75) is 18.9 Å². The largest absolute Gasteiger partial charge is 0.311 e. The monoisotopic (exact) mass is 211 g/mol. The SMILES string of the molecule is CC1(CI)CCN1. The van der Waals surface area contributed by atoms with Crippen LogP contribution < -0.4 is 5.32 Å². The van der Waals surface area contributed by atoms with E-state index in [-0.39, 0.29) is 0 Å². The fraction of sp³-hybridized carbons (Fsp3) is 1.00. The summed E-state index contributed by atoms with van der Waals surface area (Å²) in [5.41, 5.74) is 0.501. The van der Waals surface area contributed by atoms with E-state index < -0.39 is 0 Å². The summed E-state index contributed by atoms with van der Waals surface area (Å²) in [5.74, 6) is 0. The molecule has 1 saturated heterocycles. The van der Waals surface area contributed by atoms with Gasteiger partial charge in [-0.1, -0.05) is 22.6 Å². The highest BCUT2D eigenvalue weighted by Crippen LogP contribution is 2.19. The van der Waals surface area contributed by atoms with Crippen molar-refractivity contribution in [2.75, 3.05) is 11.0 Å². The average Bonchev–Trinajstić information content (AvgIpc) is 1.61. The lowest BCUT2D eigenvalue weighted by molar-refractivity contribution is 0.271. The molecule has 0 radical (unpaired) electrons. The van der Waals surface area contributed by atoms with Crippen LogP contribution in [0.2, 0.25) is 0 Å². The zero-order valence-corrected chi connectivity index (χ0v) is 6.66. The van der Waals surface area contributed by atoms with Crippen LogP contribution in [0.4, 0.5) is 0 Å². The van der Waals surface area contributed by atoms with Crippen LogP contribution in [-0.2, 0) is 0 Å². The molecule has 1 aliphatic rings. The summed E-state index contributed by atoms with van der Waals surface area (Å²) >= 11 is 2.42. The molecule has 0 amide bonds. The molecule has 42 valence electrons. The molecule has 0 aliphatic carbocycles. The third kappa shape index (κ3) is 1.08. The van der Waals surface area contributed by atoms with Gasteiger partial charge in [0.25, 0.3) is 0 Å². The first-order valence-corrected chi connectivity index (χ1v) is 4.10. The molecule has 2 heteroatoms. The molecular formula is C5H10IN. The molecule has 0 aromatic rings. The number of hydrogen-bond donors (Lipinski definition) is 1. The minimum atomic E-state index is 0.501. The van der Waals surface area contributed by atoms with Gasteiger partial charge in [-0.25, -0.2) is 0 Å². The molecule has 1 nitrogen and oxygen atoms in total. The third-order valence-corrected chi connectivity index (χ3v) is 3.21. The topological polar surface area (TPSA) is 12.0 Å². The highest BCUT2D eigenvalue weighted by Gasteiger charge is 2.28. The minimum Gasteiger partial charge on any atom is -0.311 e. The maximum atomic E-state index is 3.36. The molecule has 1 rings (SSSR count). The van der Waals surface area contributed by atoms with E-state index in [2.05, 4.69) is 34.8 Å². The Balaban J connectivity index is 2.29. The van der Waals surface area contributed by atoms with Gasteiger partial charge in [0.05, 0.1) is 0 Å². The maximum Gasteiger partial charge on any atom is 0.0254 e. The Morgan fingerprint density at radius 2 is 2.43 bits per heavy atom. The van der Waals surface area contributed by atoms with E-state index in [1.165, 1.54) is 17.4 Å². The van der Waals surface area contributed by atoms with Gasteiger partial charge in [0.2, 0.25) is 0 Å². The molecule has 1 atom stereocenters. The van der Waals surface area contributed by atoms with Gasteiger partial charge in [0.15, 0.2) is 0 Å². The van der Waals surface area contributed by atoms with Crippen LogP contribution in [0.25, 0.3) is 0 Å². The first kappa shape index (κ1) is 5.82. The normalized spacial score (nSPS) is 40.3. The van der Waals surface area contributed by atoms with Crippen LogP contribution in [0.15, 0.2) is 0 Å². The Hall–Kier alpha value is 0.690. The lowest BCUT2D eigenvalue weighted by atomic mass is 9.93. The molecule has 7 heavy (non-hydrogen) atoms. The number of nitrogens with one attached hydrogen (secondary N) is 1. The van der Waals surface area contributed by atoms with Crippen LogP contribution in [0.5, 0.6) is 0 Å². The number of halogens is 1. The van der Waals surface area contributed by atoms with Gasteiger partial charge in [-0.3, -0.25) is 0 Å². The predicted octanol–water partition coefficient (Wildman–Crippen LogP) is 1.17. The molecule has 1 fully saturated rings. The van der Waals surface area contributed by atoms with Crippen molar-refractivity contribution < 1.29 is 0 Å². The number of alkyl halides is 1. The van der Waals surface area contributed by atoms with Gasteiger partial charge in [0.1, 0.15) is 0 Å². The Labute approximate surface area is 58.0 Å². The van der Waals surface area contributed by atoms with E-state index in [1.807, 2.05) is 0 Å². The fourth-order valence-electron chi connectivity index (χ4n) is 0.666. The van der Waals surface area contributed by atoms with Crippen molar-refractivity contribution in [1.29, 1.82) is 0 Å². The molecule has 0 aromatic carbocycles. The van der Waals surface area contributed by atoms with Gasteiger partial charge >= 0.3 is 0 Å². The number of hydrogen-bond acceptors (Lipinski definition) is 1. The first-order chi connectivity index (χ1) is 3.27. The van der Waals surface area contributed by atoms with Gasteiger partial charge in [-0.15, -0.1) is 0 Å². The molecule has 0 aromatic heterocycles. The summed E-state index contributed by atoms with van der Waals surface area (Å²) in [5, 5.41) is 3.36. The second-order valence-electron chi connectivity index (χ2n) is 2.37. The highest BCUT2D eigenvalue weighted by molar-refractivity contribution is 14.1. The molecule has 1 aliphatic heterocycles. The lowest BCUT2D eigenvalue weighted by Gasteiger charge is -2.38. The lowest BCUT2D eigenvalue weighted by Crippen LogP contribution is -2.55. The van der Waals surface area contributed by atoms with Gasteiger partial charge < -0.3 is 5.32 Å². The zero-order valence-electron chi connectivity index (χ0n) is 4.50. The molecular weight excluding hydrogens is 201 g/mol. The summed E-state index contributed by atoms with van der Waals surface area (Å²) in [6.07, 6.45) is 1.36. The first-order valence-electron chi connectivity index (χ1n) is 2.58. The molecule has 1 N–H and O–H groups in total. The summed E-state index contributed by atoms with van der Waals surface area (Å²) in [6.45, 7) is 3.49. The number of rotatable bonds is 1. The second kappa shape index (κ2) is 1.90. The van der Waals surface area contributed by atoms with E-state index in [4.69, 9.17) is 0 Å². The molecule has 1 heterocycles. The molecule has 1 unspecified atom stereocenters.